The van der Waals surface area contributed by atoms with Gasteiger partial charge in [-0.15, -0.1) is 0 Å². The predicted octanol–water partition coefficient (Wildman–Crippen LogP) is 4.83. The number of hydrogen-bond donors (Lipinski definition) is 1. The lowest BCUT2D eigenvalue weighted by Gasteiger charge is -2.52. The third-order valence-electron chi connectivity index (χ3n) is 7.77. The predicted molar refractivity (Wildman–Crippen MR) is 130 cm³/mol. The Kier molecular flexibility index (Phi) is 5.37. The molecule has 1 amide bonds. The maximum atomic E-state index is 14.0. The molecule has 6 nitrogen and oxygen atoms in total. The van der Waals surface area contributed by atoms with Crippen molar-refractivity contribution in [2.75, 3.05) is 6.54 Å². The summed E-state index contributed by atoms with van der Waals surface area (Å²) in [5, 5.41) is 11.9. The summed E-state index contributed by atoms with van der Waals surface area (Å²) in [6, 6.07) is 15.9. The molecule has 1 N–H and O–H groups in total. The highest BCUT2D eigenvalue weighted by Gasteiger charge is 2.50. The minimum Gasteiger partial charge on any atom is -0.385 e. The molecule has 7 heteroatoms. The fourth-order valence-corrected chi connectivity index (χ4v) is 6.06. The maximum Gasteiger partial charge on any atom is 0.290 e. The average Bonchev–Trinajstić information content (AvgIpc) is 3.29. The molecule has 0 bridgehead atoms. The molecular weight excluding hydrogens is 443 g/mol. The van der Waals surface area contributed by atoms with E-state index in [1.165, 1.54) is 12.1 Å². The topological polar surface area (TPSA) is 70.7 Å². The number of nitrogens with zero attached hydrogens (tertiary/aromatic N) is 4. The van der Waals surface area contributed by atoms with Crippen LogP contribution in [-0.4, -0.2) is 42.9 Å². The van der Waals surface area contributed by atoms with E-state index < -0.39 is 5.60 Å². The Labute approximate surface area is 203 Å². The second-order valence-corrected chi connectivity index (χ2v) is 9.62. The molecule has 2 aliphatic rings. The molecule has 1 saturated carbocycles. The first-order valence-corrected chi connectivity index (χ1v) is 12.2. The summed E-state index contributed by atoms with van der Waals surface area (Å²) in [5.41, 5.74) is 2.00. The largest absolute Gasteiger partial charge is 0.385 e. The second-order valence-electron chi connectivity index (χ2n) is 9.62. The van der Waals surface area contributed by atoms with Crippen LogP contribution in [0, 0.1) is 11.7 Å². The van der Waals surface area contributed by atoms with Crippen LogP contribution in [0.1, 0.15) is 48.3 Å². The highest BCUT2D eigenvalue weighted by atomic mass is 19.1. The molecule has 0 spiro atoms. The Hall–Kier alpha value is -3.58. The monoisotopic (exact) mass is 470 g/mol. The number of rotatable bonds is 3. The van der Waals surface area contributed by atoms with Crippen molar-refractivity contribution in [2.24, 2.45) is 5.92 Å². The Morgan fingerprint density at radius 1 is 1.06 bits per heavy atom. The molecule has 2 aromatic heterocycles. The van der Waals surface area contributed by atoms with Gasteiger partial charge < -0.3 is 10.0 Å². The van der Waals surface area contributed by atoms with Gasteiger partial charge in [-0.1, -0.05) is 43.2 Å². The zero-order valence-corrected chi connectivity index (χ0v) is 19.3. The third-order valence-corrected chi connectivity index (χ3v) is 7.77. The van der Waals surface area contributed by atoms with Crippen LogP contribution in [0.2, 0.25) is 0 Å². The van der Waals surface area contributed by atoms with E-state index in [0.717, 1.165) is 36.8 Å². The van der Waals surface area contributed by atoms with Crippen molar-refractivity contribution in [1.29, 1.82) is 0 Å². The maximum absolute atomic E-state index is 14.0. The molecule has 0 radical (unpaired) electrons. The van der Waals surface area contributed by atoms with Crippen molar-refractivity contribution in [1.82, 2.24) is 19.3 Å². The molecule has 178 valence electrons. The lowest BCUT2D eigenvalue weighted by Crippen LogP contribution is -2.59. The number of aromatic nitrogens is 3. The van der Waals surface area contributed by atoms with Crippen molar-refractivity contribution in [3.63, 3.8) is 0 Å². The zero-order valence-electron chi connectivity index (χ0n) is 19.3. The number of amides is 1. The molecule has 4 aromatic rings. The summed E-state index contributed by atoms with van der Waals surface area (Å²) in [5.74, 6) is -0.183. The molecule has 1 aliphatic heterocycles. The number of fused-ring (bicyclic) bond motifs is 2. The van der Waals surface area contributed by atoms with Gasteiger partial charge in [-0.2, -0.15) is 0 Å². The van der Waals surface area contributed by atoms with Gasteiger partial charge in [0.25, 0.3) is 5.91 Å². The minimum absolute atomic E-state index is 0.0270. The van der Waals surface area contributed by atoms with Crippen LogP contribution in [0.5, 0.6) is 0 Å². The van der Waals surface area contributed by atoms with Gasteiger partial charge in [0.05, 0.1) is 23.0 Å². The molecule has 3 unspecified atom stereocenters. The lowest BCUT2D eigenvalue weighted by atomic mass is 9.66. The van der Waals surface area contributed by atoms with Crippen LogP contribution in [-0.2, 0) is 5.60 Å². The number of imidazole rings is 1. The van der Waals surface area contributed by atoms with Gasteiger partial charge in [-0.25, -0.2) is 9.37 Å². The van der Waals surface area contributed by atoms with E-state index in [-0.39, 0.29) is 23.7 Å². The summed E-state index contributed by atoms with van der Waals surface area (Å²) < 4.78 is 15.3. The van der Waals surface area contributed by atoms with Crippen molar-refractivity contribution in [2.45, 2.75) is 43.7 Å². The van der Waals surface area contributed by atoms with Crippen LogP contribution < -0.4 is 0 Å². The highest BCUT2D eigenvalue weighted by molar-refractivity contribution is 5.94. The normalized spacial score (nSPS) is 24.3. The fraction of sp³-hybridized carbons (Fsp3) is 0.321. The number of carbonyl (C=O) groups is 1. The summed E-state index contributed by atoms with van der Waals surface area (Å²) in [6.07, 6.45) is 9.36. The Morgan fingerprint density at radius 2 is 1.83 bits per heavy atom. The number of halogens is 1. The van der Waals surface area contributed by atoms with E-state index in [0.29, 0.717) is 30.0 Å². The number of carbonyl (C=O) groups excluding carboxylic acids is 1. The van der Waals surface area contributed by atoms with E-state index in [2.05, 4.69) is 4.98 Å². The van der Waals surface area contributed by atoms with Gasteiger partial charge in [0.1, 0.15) is 5.82 Å². The molecule has 35 heavy (non-hydrogen) atoms. The Morgan fingerprint density at radius 3 is 2.63 bits per heavy atom. The SMILES string of the molecule is O=C(c1nc(-c2ccc(F)cc2)c2cnccn12)N1CCC(O)(c2ccccc2)C2CCCCC21. The highest BCUT2D eigenvalue weighted by Crippen LogP contribution is 2.47. The van der Waals surface area contributed by atoms with Crippen LogP contribution in [0.25, 0.3) is 16.8 Å². The Balaban J connectivity index is 1.39. The summed E-state index contributed by atoms with van der Waals surface area (Å²) >= 11 is 0. The average molecular weight is 471 g/mol. The smallest absolute Gasteiger partial charge is 0.290 e. The van der Waals surface area contributed by atoms with Crippen LogP contribution in [0.3, 0.4) is 0 Å². The summed E-state index contributed by atoms with van der Waals surface area (Å²) in [7, 11) is 0. The molecule has 6 rings (SSSR count). The van der Waals surface area contributed by atoms with Crippen molar-refractivity contribution >= 4 is 11.4 Å². The standard InChI is InChI=1S/C28H27FN4O2/c29-21-12-10-19(11-13-21)25-24-18-30-15-17-32(24)26(31-25)27(34)33-16-14-28(35,20-6-2-1-3-7-20)22-8-4-5-9-23(22)33/h1-3,6-7,10-13,15,17-18,22-23,35H,4-5,8-9,14,16H2. The van der Waals surface area contributed by atoms with Gasteiger partial charge >= 0.3 is 0 Å². The van der Waals surface area contributed by atoms with Crippen LogP contribution in [0.4, 0.5) is 4.39 Å². The molecule has 2 fully saturated rings. The summed E-state index contributed by atoms with van der Waals surface area (Å²) in [6.45, 7) is 0.456. The minimum atomic E-state index is -0.943. The number of hydrogen-bond acceptors (Lipinski definition) is 4. The van der Waals surface area contributed by atoms with E-state index in [9.17, 15) is 14.3 Å². The first-order valence-electron chi connectivity index (χ1n) is 12.2. The van der Waals surface area contributed by atoms with Crippen molar-refractivity contribution < 1.29 is 14.3 Å². The first kappa shape index (κ1) is 21.9. The summed E-state index contributed by atoms with van der Waals surface area (Å²) in [4.78, 5) is 24.9. The number of likely N-dealkylation sites (tertiary alicyclic amines) is 1. The zero-order chi connectivity index (χ0) is 24.0. The molecule has 3 atom stereocenters. The number of benzene rings is 2. The third kappa shape index (κ3) is 3.62. The first-order chi connectivity index (χ1) is 17.1. The number of piperidine rings is 1. The molecule has 2 aromatic carbocycles. The van der Waals surface area contributed by atoms with Crippen LogP contribution >= 0.6 is 0 Å². The van der Waals surface area contributed by atoms with E-state index in [1.807, 2.05) is 35.2 Å². The number of aliphatic hydroxyl groups is 1. The molecule has 1 saturated heterocycles. The second kappa shape index (κ2) is 8.57. The fourth-order valence-electron chi connectivity index (χ4n) is 6.06. The van der Waals surface area contributed by atoms with Gasteiger partial charge in [0.2, 0.25) is 5.82 Å². The van der Waals surface area contributed by atoms with Gasteiger partial charge in [0, 0.05) is 36.5 Å². The van der Waals surface area contributed by atoms with Crippen molar-refractivity contribution in [3.8, 4) is 11.3 Å². The lowest BCUT2D eigenvalue weighted by molar-refractivity contribution is -0.110. The molecule has 1 aliphatic carbocycles. The molecule has 3 heterocycles. The van der Waals surface area contributed by atoms with Gasteiger partial charge in [0.15, 0.2) is 0 Å². The van der Waals surface area contributed by atoms with E-state index in [4.69, 9.17) is 4.98 Å². The van der Waals surface area contributed by atoms with E-state index >= 15 is 0 Å². The Bertz CT molecular complexity index is 1370. The quantitative estimate of drug-likeness (QED) is 0.466. The van der Waals surface area contributed by atoms with Gasteiger partial charge in [-0.05, 0) is 49.1 Å². The van der Waals surface area contributed by atoms with Crippen LogP contribution in [0.15, 0.2) is 73.2 Å². The van der Waals surface area contributed by atoms with E-state index in [1.54, 1.807) is 35.1 Å². The van der Waals surface area contributed by atoms with Crippen molar-refractivity contribution in [3.05, 3.63) is 90.4 Å². The molecular formula is C28H27FN4O2. The van der Waals surface area contributed by atoms with Gasteiger partial charge in [-0.3, -0.25) is 14.2 Å².